The van der Waals surface area contributed by atoms with Crippen LogP contribution in [0.15, 0.2) is 11.6 Å². The zero-order valence-corrected chi connectivity index (χ0v) is 33.9. The van der Waals surface area contributed by atoms with Crippen LogP contribution in [0.2, 0.25) is 0 Å². The summed E-state index contributed by atoms with van der Waals surface area (Å²) in [7, 11) is 0. The normalized spacial score (nSPS) is 54.1. The molecule has 4 saturated carbocycles. The van der Waals surface area contributed by atoms with Crippen molar-refractivity contribution in [3.8, 4) is 0 Å². The highest BCUT2D eigenvalue weighted by Crippen LogP contribution is 2.76. The molecule has 14 nitrogen and oxygen atoms in total. The van der Waals surface area contributed by atoms with Crippen LogP contribution in [0.5, 0.6) is 0 Å². The summed E-state index contributed by atoms with van der Waals surface area (Å²) in [6, 6.07) is 0. The number of hydrogen-bond donors (Lipinski definition) is 8. The quantitative estimate of drug-likeness (QED) is 0.137. The third kappa shape index (κ3) is 5.85. The Hall–Kier alpha value is -1.72. The zero-order valence-electron chi connectivity index (χ0n) is 33.9. The maximum Gasteiger partial charge on any atom is 0.314 e. The summed E-state index contributed by atoms with van der Waals surface area (Å²) >= 11 is 0. The fraction of sp³-hybridized carbons (Fsp3) is 0.905. The van der Waals surface area contributed by atoms with E-state index in [1.165, 1.54) is 0 Å². The van der Waals surface area contributed by atoms with Crippen LogP contribution in [0, 0.1) is 56.7 Å². The molecular formula is C42H66O14. The van der Waals surface area contributed by atoms with Crippen molar-refractivity contribution in [1.82, 2.24) is 0 Å². The van der Waals surface area contributed by atoms with Crippen LogP contribution in [0.25, 0.3) is 0 Å². The maximum atomic E-state index is 13.9. The van der Waals surface area contributed by atoms with E-state index in [-0.39, 0.29) is 35.2 Å². The largest absolute Gasteiger partial charge is 0.481 e. The summed E-state index contributed by atoms with van der Waals surface area (Å²) in [6.45, 7) is 14.1. The molecule has 0 aromatic carbocycles. The van der Waals surface area contributed by atoms with Crippen LogP contribution in [0.1, 0.15) is 106 Å². The van der Waals surface area contributed by atoms with Gasteiger partial charge in [-0.3, -0.25) is 9.59 Å². The summed E-state index contributed by atoms with van der Waals surface area (Å²) in [4.78, 5) is 27.0. The average Bonchev–Trinajstić information content (AvgIpc) is 3.14. The van der Waals surface area contributed by atoms with E-state index in [1.807, 2.05) is 0 Å². The SMILES string of the molecule is C[C@H]1[C@H](C)CC[C@]2(C(=O)O)CC[C@]3(C(=O)O)C(=CC[C@@H]4[C@@]5(C)CC[C@H](O[C@@H]6O[C@@H](C)[C@H](O[C@@H]7O[C@H](CO)[C@@H](O)[C@H](O)[C@H]7O)[C@@H](O)[C@H]6O)C(C)(C)[C@@H]5CC[C@]43C)[C@H]12. The standard InChI is InChI=1S/C42H66O14/c1-19-10-15-41(36(49)50)16-17-42(37(51)52)22(27(41)20(19)2)8-9-25-39(6)13-12-26(38(4,5)24(39)11-14-40(25,42)7)55-34-32(48)30(46)33(21(3)53-34)56-35-31(47)29(45)28(44)23(18-43)54-35/h8,19-21,23-35,43-48H,9-18H2,1-7H3,(H,49,50)(H,51,52)/t19-,20+,21+,23-,24+,25-,26+,27+,28-,29+,30+,31-,32-,33+,34+,35+,39+,40-,41+,42-/m1/s1. The third-order valence-electron chi connectivity index (χ3n) is 17.4. The molecule has 20 atom stereocenters. The molecule has 5 aliphatic carbocycles. The van der Waals surface area contributed by atoms with E-state index in [0.717, 1.165) is 24.8 Å². The predicted octanol–water partition coefficient (Wildman–Crippen LogP) is 2.83. The fourth-order valence-corrected chi connectivity index (χ4v) is 14.0. The smallest absolute Gasteiger partial charge is 0.314 e. The summed E-state index contributed by atoms with van der Waals surface area (Å²) in [5, 5.41) is 85.2. The molecule has 2 saturated heterocycles. The van der Waals surface area contributed by atoms with E-state index >= 15 is 0 Å². The first-order valence-electron chi connectivity index (χ1n) is 20.9. The number of aliphatic carboxylic acids is 2. The van der Waals surface area contributed by atoms with E-state index in [9.17, 15) is 50.4 Å². The molecule has 14 heteroatoms. The Labute approximate surface area is 329 Å². The van der Waals surface area contributed by atoms with E-state index in [1.54, 1.807) is 6.92 Å². The first-order chi connectivity index (χ1) is 26.1. The number of carbonyl (C=O) groups is 2. The molecular weight excluding hydrogens is 728 g/mol. The Morgan fingerprint density at radius 3 is 2.05 bits per heavy atom. The van der Waals surface area contributed by atoms with Crippen molar-refractivity contribution in [2.24, 2.45) is 56.7 Å². The second-order valence-electron chi connectivity index (χ2n) is 20.0. The maximum absolute atomic E-state index is 13.9. The summed E-state index contributed by atoms with van der Waals surface area (Å²) in [5.41, 5.74) is -2.55. The molecule has 0 spiro atoms. The number of ether oxygens (including phenoxy) is 4. The van der Waals surface area contributed by atoms with E-state index in [4.69, 9.17) is 18.9 Å². The van der Waals surface area contributed by atoms with Crippen molar-refractivity contribution < 1.29 is 69.4 Å². The molecule has 0 amide bonds. The van der Waals surface area contributed by atoms with Crippen molar-refractivity contribution in [1.29, 1.82) is 0 Å². The molecule has 7 aliphatic rings. The predicted molar refractivity (Wildman–Crippen MR) is 198 cm³/mol. The van der Waals surface area contributed by atoms with Gasteiger partial charge in [0.05, 0.1) is 29.6 Å². The Morgan fingerprint density at radius 1 is 0.750 bits per heavy atom. The number of rotatable bonds is 7. The fourth-order valence-electron chi connectivity index (χ4n) is 14.0. The van der Waals surface area contributed by atoms with Gasteiger partial charge in [-0.05, 0) is 111 Å². The van der Waals surface area contributed by atoms with Gasteiger partial charge in [0.15, 0.2) is 12.6 Å². The number of aliphatic hydroxyl groups excluding tert-OH is 6. The van der Waals surface area contributed by atoms with Crippen LogP contribution >= 0.6 is 0 Å². The first-order valence-corrected chi connectivity index (χ1v) is 20.9. The number of carboxylic acids is 2. The van der Waals surface area contributed by atoms with E-state index in [2.05, 4.69) is 47.6 Å². The number of fused-ring (bicyclic) bond motifs is 7. The van der Waals surface area contributed by atoms with Gasteiger partial charge in [0.25, 0.3) is 0 Å². The minimum Gasteiger partial charge on any atom is -0.481 e. The Morgan fingerprint density at radius 2 is 1.41 bits per heavy atom. The second kappa shape index (κ2) is 14.5. The number of hydrogen-bond acceptors (Lipinski definition) is 12. The minimum absolute atomic E-state index is 0.0289. The van der Waals surface area contributed by atoms with Crippen LogP contribution in [-0.4, -0.2) is 127 Å². The molecule has 0 aromatic heterocycles. The van der Waals surface area contributed by atoms with Gasteiger partial charge in [0, 0.05) is 0 Å². The van der Waals surface area contributed by atoms with Crippen molar-refractivity contribution in [2.45, 2.75) is 174 Å². The number of aliphatic hydroxyl groups is 6. The summed E-state index contributed by atoms with van der Waals surface area (Å²) in [5.74, 6) is -1.45. The van der Waals surface area contributed by atoms with Gasteiger partial charge < -0.3 is 59.8 Å². The lowest BCUT2D eigenvalue weighted by atomic mass is 9.33. The van der Waals surface area contributed by atoms with Crippen LogP contribution < -0.4 is 0 Å². The van der Waals surface area contributed by atoms with Gasteiger partial charge in [-0.2, -0.15) is 0 Å². The monoisotopic (exact) mass is 794 g/mol. The Kier molecular flexibility index (Phi) is 11.0. The summed E-state index contributed by atoms with van der Waals surface area (Å²) in [6.07, 6.45) is -6.76. The van der Waals surface area contributed by atoms with Gasteiger partial charge >= 0.3 is 11.9 Å². The van der Waals surface area contributed by atoms with Gasteiger partial charge in [-0.15, -0.1) is 0 Å². The van der Waals surface area contributed by atoms with E-state index in [0.29, 0.717) is 44.4 Å². The Bertz CT molecular complexity index is 1550. The molecule has 0 aromatic rings. The molecule has 318 valence electrons. The molecule has 0 radical (unpaired) electrons. The van der Waals surface area contributed by atoms with Crippen LogP contribution in [-0.2, 0) is 28.5 Å². The highest BCUT2D eigenvalue weighted by molar-refractivity contribution is 5.84. The van der Waals surface area contributed by atoms with E-state index < -0.39 is 102 Å². The minimum atomic E-state index is -1.69. The van der Waals surface area contributed by atoms with Gasteiger partial charge in [0.2, 0.25) is 0 Å². The highest BCUT2D eigenvalue weighted by Gasteiger charge is 2.73. The number of allylic oxidation sites excluding steroid dienone is 1. The van der Waals surface area contributed by atoms with Gasteiger partial charge in [-0.25, -0.2) is 0 Å². The van der Waals surface area contributed by atoms with Crippen molar-refractivity contribution in [2.75, 3.05) is 6.61 Å². The molecule has 7 rings (SSSR count). The van der Waals surface area contributed by atoms with Crippen molar-refractivity contribution in [3.63, 3.8) is 0 Å². The molecule has 8 N–H and O–H groups in total. The second-order valence-corrected chi connectivity index (χ2v) is 20.0. The average molecular weight is 795 g/mol. The zero-order chi connectivity index (χ0) is 41.1. The van der Waals surface area contributed by atoms with Crippen LogP contribution in [0.3, 0.4) is 0 Å². The lowest BCUT2D eigenvalue weighted by Crippen LogP contribution is -2.68. The van der Waals surface area contributed by atoms with Crippen LogP contribution in [0.4, 0.5) is 0 Å². The molecule has 2 aliphatic heterocycles. The molecule has 56 heavy (non-hydrogen) atoms. The van der Waals surface area contributed by atoms with Gasteiger partial charge in [-0.1, -0.05) is 53.2 Å². The number of carboxylic acid groups (broad SMARTS) is 2. The Balaban J connectivity index is 1.11. The first kappa shape index (κ1) is 42.4. The molecule has 0 unspecified atom stereocenters. The third-order valence-corrected chi connectivity index (χ3v) is 17.4. The lowest BCUT2D eigenvalue weighted by molar-refractivity contribution is -0.364. The molecule has 6 fully saturated rings. The summed E-state index contributed by atoms with van der Waals surface area (Å²) < 4.78 is 24.0. The topological polar surface area (TPSA) is 233 Å². The lowest BCUT2D eigenvalue weighted by Gasteiger charge is -2.70. The van der Waals surface area contributed by atoms with Crippen molar-refractivity contribution >= 4 is 11.9 Å². The van der Waals surface area contributed by atoms with Crippen molar-refractivity contribution in [3.05, 3.63) is 11.6 Å². The highest BCUT2D eigenvalue weighted by atomic mass is 16.7. The molecule has 2 heterocycles. The van der Waals surface area contributed by atoms with Gasteiger partial charge in [0.1, 0.15) is 42.7 Å². The molecule has 0 bridgehead atoms.